The topological polar surface area (TPSA) is 51.5 Å². The van der Waals surface area contributed by atoms with Crippen LogP contribution in [0.1, 0.15) is 105 Å². The number of para-hydroxylation sites is 3. The van der Waals surface area contributed by atoms with E-state index in [0.29, 0.717) is 5.76 Å². The van der Waals surface area contributed by atoms with Gasteiger partial charge < -0.3 is 19.3 Å². The molecule has 0 aromatic heterocycles. The van der Waals surface area contributed by atoms with Gasteiger partial charge in [0.05, 0.1) is 0 Å². The Bertz CT molecular complexity index is 911. The van der Waals surface area contributed by atoms with Gasteiger partial charge in [-0.3, -0.25) is 0 Å². The van der Waals surface area contributed by atoms with Gasteiger partial charge in [0.1, 0.15) is 17.3 Å². The number of aromatic hydroxyl groups is 1. The first-order valence-electron chi connectivity index (χ1n) is 15.2. The number of aliphatic hydroxyl groups is 2. The van der Waals surface area contributed by atoms with E-state index in [-0.39, 0.29) is 0 Å². The maximum atomic E-state index is 7.00. The van der Waals surface area contributed by atoms with Gasteiger partial charge in [-0.15, -0.1) is 0 Å². The molecule has 0 bridgehead atoms. The Balaban J connectivity index is 0. The van der Waals surface area contributed by atoms with Gasteiger partial charge in [-0.05, 0) is 50.1 Å². The standard InChI is InChI=1S/C26H32O3.C7H16.C2H6.CH4O/c1-5-6-7-12-20-27-25-18-10-11-19-26(25)29-23(4)16-13-15-22(3)28-24-17-9-8-14-21(24)2;1-3-5-7-6-4-2;2*1-2/h8-11,13-19H,4-7,12,20H2,1-3H3;3-7H2,1-2H3;1-2H3;2H,1H3/p+1/b16-13+,22-15+;;;. The molecule has 4 heteroatoms. The Labute approximate surface area is 246 Å². The van der Waals surface area contributed by atoms with Crippen molar-refractivity contribution in [3.05, 3.63) is 90.4 Å². The molecular weight excluding hydrogens is 496 g/mol. The highest BCUT2D eigenvalue weighted by molar-refractivity contribution is 5.40. The molecule has 0 fully saturated rings. The van der Waals surface area contributed by atoms with Crippen LogP contribution >= 0.6 is 0 Å². The zero-order chi connectivity index (χ0) is 30.4. The molecule has 0 atom stereocenters. The smallest absolute Gasteiger partial charge is 0.298 e. The molecular formula is C36H59O4+. The minimum absolute atomic E-state index is 0.554. The van der Waals surface area contributed by atoms with Crippen molar-refractivity contribution < 1.29 is 19.3 Å². The molecule has 2 N–H and O–H groups in total. The Morgan fingerprint density at radius 3 is 1.88 bits per heavy atom. The fraction of sp³-hybridized carbons (Fsp3) is 0.500. The van der Waals surface area contributed by atoms with Crippen LogP contribution < -0.4 is 9.47 Å². The first-order chi connectivity index (χ1) is 19.5. The molecule has 0 saturated heterocycles. The number of aliphatic hydroxyl groups excluding tert-OH is 1. The summed E-state index contributed by atoms with van der Waals surface area (Å²) in [6, 6.07) is 15.8. The van der Waals surface area contributed by atoms with Crippen molar-refractivity contribution in [1.29, 1.82) is 0 Å². The van der Waals surface area contributed by atoms with Crippen LogP contribution in [-0.4, -0.2) is 23.6 Å². The molecule has 0 spiro atoms. The van der Waals surface area contributed by atoms with Crippen molar-refractivity contribution in [2.45, 2.75) is 106 Å². The van der Waals surface area contributed by atoms with E-state index in [2.05, 4.69) is 32.1 Å². The van der Waals surface area contributed by atoms with Crippen molar-refractivity contribution in [3.63, 3.8) is 0 Å². The maximum Gasteiger partial charge on any atom is 0.298 e. The van der Waals surface area contributed by atoms with Crippen LogP contribution in [0, 0.1) is 6.92 Å². The number of ether oxygens (including phenoxy) is 3. The summed E-state index contributed by atoms with van der Waals surface area (Å²) in [6.45, 7) is 19.5. The Kier molecular flexibility index (Phi) is 28.4. The number of unbranched alkanes of at least 4 members (excludes halogenated alkanes) is 7. The molecule has 40 heavy (non-hydrogen) atoms. The third-order valence-corrected chi connectivity index (χ3v) is 5.58. The number of rotatable bonds is 16. The highest BCUT2D eigenvalue weighted by Gasteiger charge is 2.09. The summed E-state index contributed by atoms with van der Waals surface area (Å²) in [5.74, 6) is 3.81. The molecule has 0 saturated carbocycles. The van der Waals surface area contributed by atoms with Crippen molar-refractivity contribution >= 4 is 0 Å². The van der Waals surface area contributed by atoms with E-state index >= 15 is 0 Å². The second kappa shape index (κ2) is 29.0. The predicted octanol–water partition coefficient (Wildman–Crippen LogP) is 10.9. The van der Waals surface area contributed by atoms with E-state index in [4.69, 9.17) is 14.6 Å². The minimum atomic E-state index is 0.554. The van der Waals surface area contributed by atoms with E-state index in [0.717, 1.165) is 48.7 Å². The van der Waals surface area contributed by atoms with Gasteiger partial charge in [-0.2, -0.15) is 0 Å². The van der Waals surface area contributed by atoms with Crippen LogP contribution in [0.25, 0.3) is 0 Å². The van der Waals surface area contributed by atoms with Gasteiger partial charge in [0.2, 0.25) is 5.75 Å². The van der Waals surface area contributed by atoms with Crippen LogP contribution in [-0.2, 0) is 0 Å². The molecule has 2 aromatic rings. The molecule has 0 unspecified atom stereocenters. The Morgan fingerprint density at radius 2 is 1.30 bits per heavy atom. The lowest BCUT2D eigenvalue weighted by Gasteiger charge is -2.10. The predicted molar refractivity (Wildman–Crippen MR) is 176 cm³/mol. The summed E-state index contributed by atoms with van der Waals surface area (Å²) < 4.78 is 16.4. The summed E-state index contributed by atoms with van der Waals surface area (Å²) in [4.78, 5) is 0. The second-order valence-electron chi connectivity index (χ2n) is 9.04. The largest absolute Gasteiger partial charge is 0.580 e. The van der Waals surface area contributed by atoms with Crippen molar-refractivity contribution in [3.8, 4) is 17.2 Å². The average molecular weight is 556 g/mol. The van der Waals surface area contributed by atoms with Crippen LogP contribution in [0.3, 0.4) is 0 Å². The monoisotopic (exact) mass is 555 g/mol. The normalized spacial score (nSPS) is 10.3. The van der Waals surface area contributed by atoms with Gasteiger partial charge >= 0.3 is 0 Å². The summed E-state index contributed by atoms with van der Waals surface area (Å²) in [5.41, 5.74) is 1.10. The van der Waals surface area contributed by atoms with Crippen LogP contribution in [0.15, 0.2) is 84.9 Å². The Morgan fingerprint density at radius 1 is 0.775 bits per heavy atom. The summed E-state index contributed by atoms with van der Waals surface area (Å²) >= 11 is 0. The zero-order valence-corrected chi connectivity index (χ0v) is 26.8. The Hall–Kier alpha value is -2.98. The van der Waals surface area contributed by atoms with Crippen LogP contribution in [0.5, 0.6) is 17.2 Å². The molecule has 0 amide bonds. The van der Waals surface area contributed by atoms with Crippen LogP contribution in [0.4, 0.5) is 0 Å². The lowest BCUT2D eigenvalue weighted by Crippen LogP contribution is -1.97. The van der Waals surface area contributed by atoms with Crippen molar-refractivity contribution in [1.82, 2.24) is 0 Å². The molecule has 2 aromatic carbocycles. The lowest BCUT2D eigenvalue weighted by molar-refractivity contribution is 0.0600. The third-order valence-electron chi connectivity index (χ3n) is 5.58. The van der Waals surface area contributed by atoms with Gasteiger partial charge in [0, 0.05) is 19.6 Å². The van der Waals surface area contributed by atoms with Gasteiger partial charge in [-0.1, -0.05) is 123 Å². The van der Waals surface area contributed by atoms with E-state index in [1.165, 1.54) is 51.4 Å². The van der Waals surface area contributed by atoms with Crippen molar-refractivity contribution in [2.24, 2.45) is 0 Å². The molecule has 0 radical (unpaired) electrons. The molecule has 226 valence electrons. The van der Waals surface area contributed by atoms with E-state index < -0.39 is 0 Å². The number of hydrogen-bond donors (Lipinski definition) is 1. The lowest BCUT2D eigenvalue weighted by atomic mass is 10.2. The maximum absolute atomic E-state index is 7.00. The first-order valence-corrected chi connectivity index (χ1v) is 15.2. The summed E-state index contributed by atoms with van der Waals surface area (Å²) in [6.07, 6.45) is 17.4. The first kappa shape index (κ1) is 39.2. The minimum Gasteiger partial charge on any atom is -0.580 e. The number of benzene rings is 2. The number of allylic oxidation sites excluding steroid dienone is 4. The van der Waals surface area contributed by atoms with E-state index in [1.807, 2.05) is 94.5 Å². The molecule has 0 aliphatic rings. The van der Waals surface area contributed by atoms with Gasteiger partial charge in [0.25, 0.3) is 5.75 Å². The summed E-state index contributed by atoms with van der Waals surface area (Å²) in [7, 11) is 1.00. The molecule has 0 aliphatic carbocycles. The van der Waals surface area contributed by atoms with E-state index in [1.54, 1.807) is 0 Å². The van der Waals surface area contributed by atoms with Gasteiger partial charge in [-0.25, -0.2) is 0 Å². The quantitative estimate of drug-likeness (QED) is 0.0970. The highest BCUT2D eigenvalue weighted by atomic mass is 16.5. The third kappa shape index (κ3) is 20.9. The van der Waals surface area contributed by atoms with Crippen LogP contribution in [0.2, 0.25) is 0 Å². The molecule has 4 nitrogen and oxygen atoms in total. The highest BCUT2D eigenvalue weighted by Crippen LogP contribution is 2.29. The summed E-state index contributed by atoms with van der Waals surface area (Å²) in [5, 5.41) is 7.00. The molecule has 2 rings (SSSR count). The fourth-order valence-corrected chi connectivity index (χ4v) is 3.43. The SMILES string of the molecule is C=C(/C=C/C=C(\C)Oc1ccccc1C)Oc1ccccc1[OH+]CCCCCC.CC.CCCCCCC.CO. The van der Waals surface area contributed by atoms with Gasteiger partial charge in [0.15, 0.2) is 6.61 Å². The second-order valence-corrected chi connectivity index (χ2v) is 9.04. The average Bonchev–Trinajstić information content (AvgIpc) is 2.98. The number of hydrogen-bond acceptors (Lipinski definition) is 3. The molecule has 0 aliphatic heterocycles. The molecule has 0 heterocycles. The fourth-order valence-electron chi connectivity index (χ4n) is 3.43. The van der Waals surface area contributed by atoms with Crippen molar-refractivity contribution in [2.75, 3.05) is 13.7 Å². The van der Waals surface area contributed by atoms with E-state index in [9.17, 15) is 0 Å². The zero-order valence-electron chi connectivity index (χ0n) is 26.8. The number of aryl methyl sites for hydroxylation is 1.